The lowest BCUT2D eigenvalue weighted by Crippen LogP contribution is -1.95. The Labute approximate surface area is 85.2 Å². The van der Waals surface area contributed by atoms with Crippen molar-refractivity contribution < 1.29 is 9.47 Å². The second-order valence-electron chi connectivity index (χ2n) is 3.13. The number of hydrogen-bond donors (Lipinski definition) is 0. The van der Waals surface area contributed by atoms with Gasteiger partial charge in [-0.3, -0.25) is 0 Å². The van der Waals surface area contributed by atoms with Crippen LogP contribution in [0.15, 0.2) is 24.8 Å². The van der Waals surface area contributed by atoms with Crippen molar-refractivity contribution in [3.05, 3.63) is 35.9 Å². The molecule has 0 bridgehead atoms. The molecule has 0 heterocycles. The van der Waals surface area contributed by atoms with Crippen LogP contribution in [0.3, 0.4) is 0 Å². The lowest BCUT2D eigenvalue weighted by atomic mass is 10.0. The van der Waals surface area contributed by atoms with Gasteiger partial charge >= 0.3 is 0 Å². The van der Waals surface area contributed by atoms with Crippen molar-refractivity contribution in [1.29, 1.82) is 0 Å². The molecule has 1 aromatic carbocycles. The number of ether oxygens (including phenoxy) is 2. The number of rotatable bonds is 4. The molecule has 0 unspecified atom stereocenters. The molecule has 0 N–H and O–H groups in total. The van der Waals surface area contributed by atoms with E-state index < -0.39 is 0 Å². The maximum Gasteiger partial charge on any atom is 0.161 e. The highest BCUT2D eigenvalue weighted by Crippen LogP contribution is 2.30. The summed E-state index contributed by atoms with van der Waals surface area (Å²) in [5.41, 5.74) is 2.42. The summed E-state index contributed by atoms with van der Waals surface area (Å²) in [6.45, 7) is 5.78. The Morgan fingerprint density at radius 2 is 1.79 bits per heavy atom. The van der Waals surface area contributed by atoms with Crippen molar-refractivity contribution in [2.75, 3.05) is 14.2 Å². The van der Waals surface area contributed by atoms with Gasteiger partial charge in [0, 0.05) is 0 Å². The number of hydrogen-bond acceptors (Lipinski definition) is 2. The zero-order valence-electron chi connectivity index (χ0n) is 8.96. The first-order valence-electron chi connectivity index (χ1n) is 4.55. The summed E-state index contributed by atoms with van der Waals surface area (Å²) in [6, 6.07) is 3.98. The van der Waals surface area contributed by atoms with Gasteiger partial charge in [0.05, 0.1) is 14.2 Å². The van der Waals surface area contributed by atoms with Crippen LogP contribution in [-0.4, -0.2) is 14.2 Å². The zero-order valence-corrected chi connectivity index (χ0v) is 8.96. The van der Waals surface area contributed by atoms with Gasteiger partial charge in [-0.2, -0.15) is 0 Å². The SMILES string of the molecule is C=CCc1cc(OC)c(OC)cc1C. The van der Waals surface area contributed by atoms with E-state index in [0.29, 0.717) is 0 Å². The van der Waals surface area contributed by atoms with Crippen LogP contribution < -0.4 is 9.47 Å². The Morgan fingerprint density at radius 1 is 1.21 bits per heavy atom. The average Bonchev–Trinajstić information content (AvgIpc) is 2.20. The first-order chi connectivity index (χ1) is 6.72. The molecular formula is C12H16O2. The molecule has 0 spiro atoms. The van der Waals surface area contributed by atoms with Gasteiger partial charge in [-0.05, 0) is 36.6 Å². The standard InChI is InChI=1S/C12H16O2/c1-5-6-10-8-12(14-4)11(13-3)7-9(10)2/h5,7-8H,1,6H2,2-4H3. The third kappa shape index (κ3) is 2.08. The Bertz CT molecular complexity index is 329. The number of benzene rings is 1. The summed E-state index contributed by atoms with van der Waals surface area (Å²) >= 11 is 0. The van der Waals surface area contributed by atoms with E-state index in [0.717, 1.165) is 17.9 Å². The van der Waals surface area contributed by atoms with Gasteiger partial charge in [0.2, 0.25) is 0 Å². The molecule has 0 saturated heterocycles. The predicted molar refractivity (Wildman–Crippen MR) is 58.2 cm³/mol. The summed E-state index contributed by atoms with van der Waals surface area (Å²) in [7, 11) is 3.29. The number of aryl methyl sites for hydroxylation is 1. The predicted octanol–water partition coefficient (Wildman–Crippen LogP) is 2.74. The van der Waals surface area contributed by atoms with Crippen molar-refractivity contribution in [3.63, 3.8) is 0 Å². The molecule has 0 aromatic heterocycles. The molecule has 76 valence electrons. The normalized spacial score (nSPS) is 9.64. The molecule has 0 atom stereocenters. The Morgan fingerprint density at radius 3 is 2.29 bits per heavy atom. The zero-order chi connectivity index (χ0) is 10.6. The van der Waals surface area contributed by atoms with E-state index in [1.54, 1.807) is 14.2 Å². The van der Waals surface area contributed by atoms with Crippen LogP contribution >= 0.6 is 0 Å². The van der Waals surface area contributed by atoms with Crippen molar-refractivity contribution in [1.82, 2.24) is 0 Å². The van der Waals surface area contributed by atoms with E-state index in [2.05, 4.69) is 13.5 Å². The van der Waals surface area contributed by atoms with E-state index in [9.17, 15) is 0 Å². The molecule has 1 aromatic rings. The van der Waals surface area contributed by atoms with Crippen molar-refractivity contribution in [3.8, 4) is 11.5 Å². The molecule has 0 aliphatic carbocycles. The monoisotopic (exact) mass is 192 g/mol. The second-order valence-corrected chi connectivity index (χ2v) is 3.13. The summed E-state index contributed by atoms with van der Waals surface area (Å²) in [5.74, 6) is 1.55. The van der Waals surface area contributed by atoms with Gasteiger partial charge in [-0.15, -0.1) is 6.58 Å². The fourth-order valence-corrected chi connectivity index (χ4v) is 1.40. The second kappa shape index (κ2) is 4.70. The average molecular weight is 192 g/mol. The fourth-order valence-electron chi connectivity index (χ4n) is 1.40. The molecule has 0 fully saturated rings. The third-order valence-corrected chi connectivity index (χ3v) is 2.21. The highest BCUT2D eigenvalue weighted by Gasteiger charge is 2.06. The van der Waals surface area contributed by atoms with Gasteiger partial charge < -0.3 is 9.47 Å². The van der Waals surface area contributed by atoms with E-state index in [1.807, 2.05) is 18.2 Å². The molecule has 14 heavy (non-hydrogen) atoms. The maximum absolute atomic E-state index is 5.22. The van der Waals surface area contributed by atoms with Crippen LogP contribution in [0.1, 0.15) is 11.1 Å². The lowest BCUT2D eigenvalue weighted by molar-refractivity contribution is 0.354. The Balaban J connectivity index is 3.15. The quantitative estimate of drug-likeness (QED) is 0.683. The molecule has 0 radical (unpaired) electrons. The fraction of sp³-hybridized carbons (Fsp3) is 0.333. The topological polar surface area (TPSA) is 18.5 Å². The third-order valence-electron chi connectivity index (χ3n) is 2.21. The van der Waals surface area contributed by atoms with E-state index in [4.69, 9.17) is 9.47 Å². The molecule has 0 aliphatic heterocycles. The molecule has 0 amide bonds. The summed E-state index contributed by atoms with van der Waals surface area (Å²) in [6.07, 6.45) is 2.74. The summed E-state index contributed by atoms with van der Waals surface area (Å²) in [5, 5.41) is 0. The van der Waals surface area contributed by atoms with Crippen LogP contribution in [-0.2, 0) is 6.42 Å². The van der Waals surface area contributed by atoms with Crippen LogP contribution in [0, 0.1) is 6.92 Å². The highest BCUT2D eigenvalue weighted by molar-refractivity contribution is 5.47. The van der Waals surface area contributed by atoms with Gasteiger partial charge in [-0.1, -0.05) is 6.08 Å². The first kappa shape index (κ1) is 10.6. The van der Waals surface area contributed by atoms with E-state index in [1.165, 1.54) is 11.1 Å². The van der Waals surface area contributed by atoms with E-state index in [-0.39, 0.29) is 0 Å². The van der Waals surface area contributed by atoms with Crippen molar-refractivity contribution in [2.45, 2.75) is 13.3 Å². The molecule has 2 heteroatoms. The molecule has 1 rings (SSSR count). The van der Waals surface area contributed by atoms with Crippen LogP contribution in [0.4, 0.5) is 0 Å². The van der Waals surface area contributed by atoms with Gasteiger partial charge in [0.25, 0.3) is 0 Å². The van der Waals surface area contributed by atoms with Crippen molar-refractivity contribution in [2.24, 2.45) is 0 Å². The minimum Gasteiger partial charge on any atom is -0.493 e. The van der Waals surface area contributed by atoms with Crippen molar-refractivity contribution >= 4 is 0 Å². The van der Waals surface area contributed by atoms with Gasteiger partial charge in [0.1, 0.15) is 0 Å². The number of allylic oxidation sites excluding steroid dienone is 1. The van der Waals surface area contributed by atoms with Gasteiger partial charge in [0.15, 0.2) is 11.5 Å². The lowest BCUT2D eigenvalue weighted by Gasteiger charge is -2.11. The van der Waals surface area contributed by atoms with E-state index >= 15 is 0 Å². The Hall–Kier alpha value is -1.44. The maximum atomic E-state index is 5.22. The molecule has 0 aliphatic rings. The summed E-state index contributed by atoms with van der Waals surface area (Å²) < 4.78 is 10.4. The smallest absolute Gasteiger partial charge is 0.161 e. The molecular weight excluding hydrogens is 176 g/mol. The van der Waals surface area contributed by atoms with Crippen LogP contribution in [0.2, 0.25) is 0 Å². The minimum absolute atomic E-state index is 0.773. The largest absolute Gasteiger partial charge is 0.493 e. The first-order valence-corrected chi connectivity index (χ1v) is 4.55. The molecule has 0 saturated carbocycles. The highest BCUT2D eigenvalue weighted by atomic mass is 16.5. The molecule has 2 nitrogen and oxygen atoms in total. The number of methoxy groups -OCH3 is 2. The van der Waals surface area contributed by atoms with Gasteiger partial charge in [-0.25, -0.2) is 0 Å². The minimum atomic E-state index is 0.773. The summed E-state index contributed by atoms with van der Waals surface area (Å²) in [4.78, 5) is 0. The van der Waals surface area contributed by atoms with Crippen LogP contribution in [0.25, 0.3) is 0 Å². The Kier molecular flexibility index (Phi) is 3.57. The van der Waals surface area contributed by atoms with Crippen LogP contribution in [0.5, 0.6) is 11.5 Å².